The molecule has 1 aromatic carbocycles. The summed E-state index contributed by atoms with van der Waals surface area (Å²) in [7, 11) is 1.86. The van der Waals surface area contributed by atoms with Gasteiger partial charge in [0.1, 0.15) is 5.82 Å². The zero-order valence-electron chi connectivity index (χ0n) is 14.2. The van der Waals surface area contributed by atoms with Gasteiger partial charge >= 0.3 is 0 Å². The van der Waals surface area contributed by atoms with E-state index in [1.54, 1.807) is 29.3 Å². The van der Waals surface area contributed by atoms with E-state index < -0.39 is 5.82 Å². The van der Waals surface area contributed by atoms with E-state index in [0.29, 0.717) is 13.0 Å². The Morgan fingerprint density at radius 3 is 2.81 bits per heavy atom. The first-order valence-electron chi connectivity index (χ1n) is 8.16. The maximum absolute atomic E-state index is 13.4. The maximum Gasteiger partial charge on any atom is 0.220 e. The Kier molecular flexibility index (Phi) is 5.63. The molecule has 0 aliphatic rings. The molecule has 1 N–H and O–H groups in total. The van der Waals surface area contributed by atoms with E-state index >= 15 is 0 Å². The Bertz CT molecular complexity index is 925. The molecular formula is C19H18ClFN4O. The molecule has 7 heteroatoms. The average Bonchev–Trinajstić information content (AvgIpc) is 3.07. The van der Waals surface area contributed by atoms with Crippen LogP contribution in [-0.2, 0) is 24.8 Å². The Morgan fingerprint density at radius 1 is 1.23 bits per heavy atom. The molecule has 2 heterocycles. The first-order valence-corrected chi connectivity index (χ1v) is 8.53. The summed E-state index contributed by atoms with van der Waals surface area (Å²) in [5.41, 5.74) is 3.53. The number of pyridine rings is 1. The lowest BCUT2D eigenvalue weighted by molar-refractivity contribution is -0.121. The second kappa shape index (κ2) is 8.10. The van der Waals surface area contributed by atoms with Gasteiger partial charge < -0.3 is 5.32 Å². The van der Waals surface area contributed by atoms with Gasteiger partial charge in [-0.25, -0.2) is 4.39 Å². The molecule has 5 nitrogen and oxygen atoms in total. The number of hydrogen-bond donors (Lipinski definition) is 1. The van der Waals surface area contributed by atoms with E-state index in [0.717, 1.165) is 22.4 Å². The number of carbonyl (C=O) groups is 1. The van der Waals surface area contributed by atoms with E-state index in [1.807, 2.05) is 19.2 Å². The number of nitrogens with zero attached hydrogens (tertiary/aromatic N) is 3. The number of rotatable bonds is 6. The van der Waals surface area contributed by atoms with Crippen molar-refractivity contribution in [2.45, 2.75) is 19.4 Å². The van der Waals surface area contributed by atoms with Crippen molar-refractivity contribution in [3.8, 4) is 11.3 Å². The molecule has 0 fully saturated rings. The maximum atomic E-state index is 13.4. The molecule has 26 heavy (non-hydrogen) atoms. The molecule has 134 valence electrons. The number of carbonyl (C=O) groups excluding carboxylic acids is 1. The summed E-state index contributed by atoms with van der Waals surface area (Å²) in [5.74, 6) is -0.575. The van der Waals surface area contributed by atoms with Gasteiger partial charge in [-0.2, -0.15) is 5.10 Å². The fourth-order valence-corrected chi connectivity index (χ4v) is 2.74. The lowest BCUT2D eigenvalue weighted by Gasteiger charge is -2.08. The van der Waals surface area contributed by atoms with Crippen LogP contribution in [-0.4, -0.2) is 20.7 Å². The number of aryl methyl sites for hydroxylation is 2. The lowest BCUT2D eigenvalue weighted by atomic mass is 10.1. The fraction of sp³-hybridized carbons (Fsp3) is 0.211. The molecule has 0 saturated heterocycles. The topological polar surface area (TPSA) is 59.8 Å². The second-order valence-corrected chi connectivity index (χ2v) is 6.35. The largest absolute Gasteiger partial charge is 0.352 e. The summed E-state index contributed by atoms with van der Waals surface area (Å²) in [5, 5.41) is 7.09. The minimum Gasteiger partial charge on any atom is -0.352 e. The number of amides is 1. The van der Waals surface area contributed by atoms with Gasteiger partial charge in [0.05, 0.1) is 10.7 Å². The number of benzene rings is 1. The van der Waals surface area contributed by atoms with Crippen molar-refractivity contribution in [3.63, 3.8) is 0 Å². The standard InChI is InChI=1S/C19H18ClFN4O/c1-25-18(6-7-24-25)15-8-14(10-22-12-15)11-23-19(26)5-3-13-2-4-16(20)17(21)9-13/h2,4,6-10,12H,3,5,11H2,1H3,(H,23,26). The fourth-order valence-electron chi connectivity index (χ4n) is 2.62. The summed E-state index contributed by atoms with van der Waals surface area (Å²) < 4.78 is 15.2. The third kappa shape index (κ3) is 4.46. The molecular weight excluding hydrogens is 355 g/mol. The number of nitrogens with one attached hydrogen (secondary N) is 1. The average molecular weight is 373 g/mol. The van der Waals surface area contributed by atoms with E-state index in [4.69, 9.17) is 11.6 Å². The molecule has 3 aromatic rings. The highest BCUT2D eigenvalue weighted by Crippen LogP contribution is 2.18. The van der Waals surface area contributed by atoms with Crippen LogP contribution in [0.3, 0.4) is 0 Å². The van der Waals surface area contributed by atoms with Crippen LogP contribution in [0.25, 0.3) is 11.3 Å². The summed E-state index contributed by atoms with van der Waals surface area (Å²) in [6.45, 7) is 0.381. The van der Waals surface area contributed by atoms with E-state index in [9.17, 15) is 9.18 Å². The van der Waals surface area contributed by atoms with Crippen LogP contribution in [0.4, 0.5) is 4.39 Å². The zero-order chi connectivity index (χ0) is 18.5. The third-order valence-electron chi connectivity index (χ3n) is 4.03. The molecule has 2 aromatic heterocycles. The molecule has 0 aliphatic heterocycles. The van der Waals surface area contributed by atoms with Crippen molar-refractivity contribution >= 4 is 17.5 Å². The summed E-state index contributed by atoms with van der Waals surface area (Å²) in [6.07, 6.45) is 5.93. The molecule has 0 radical (unpaired) electrons. The highest BCUT2D eigenvalue weighted by molar-refractivity contribution is 6.30. The number of hydrogen-bond acceptors (Lipinski definition) is 3. The van der Waals surface area contributed by atoms with Crippen molar-refractivity contribution in [2.24, 2.45) is 7.05 Å². The Labute approximate surface area is 155 Å². The summed E-state index contributed by atoms with van der Waals surface area (Å²) >= 11 is 5.65. The van der Waals surface area contributed by atoms with Crippen LogP contribution in [0.5, 0.6) is 0 Å². The molecule has 0 unspecified atom stereocenters. The van der Waals surface area contributed by atoms with Crippen LogP contribution < -0.4 is 5.32 Å². The smallest absolute Gasteiger partial charge is 0.220 e. The highest BCUT2D eigenvalue weighted by atomic mass is 35.5. The van der Waals surface area contributed by atoms with Crippen molar-refractivity contribution in [2.75, 3.05) is 0 Å². The molecule has 1 amide bonds. The lowest BCUT2D eigenvalue weighted by Crippen LogP contribution is -2.23. The molecule has 0 aliphatic carbocycles. The quantitative estimate of drug-likeness (QED) is 0.720. The Balaban J connectivity index is 1.54. The number of halogens is 2. The third-order valence-corrected chi connectivity index (χ3v) is 4.33. The van der Waals surface area contributed by atoms with Gasteiger partial charge in [0.2, 0.25) is 5.91 Å². The molecule has 0 atom stereocenters. The first kappa shape index (κ1) is 18.1. The van der Waals surface area contributed by atoms with Crippen molar-refractivity contribution < 1.29 is 9.18 Å². The van der Waals surface area contributed by atoms with Crippen molar-refractivity contribution in [1.82, 2.24) is 20.1 Å². The van der Waals surface area contributed by atoms with Crippen LogP contribution in [0.15, 0.2) is 48.9 Å². The summed E-state index contributed by atoms with van der Waals surface area (Å²) in [6, 6.07) is 8.46. The molecule has 0 bridgehead atoms. The molecule has 3 rings (SSSR count). The predicted octanol–water partition coefficient (Wildman–Crippen LogP) is 3.52. The van der Waals surface area contributed by atoms with Crippen LogP contribution in [0, 0.1) is 5.82 Å². The minimum absolute atomic E-state index is 0.0824. The van der Waals surface area contributed by atoms with Gasteiger partial charge in [0.15, 0.2) is 0 Å². The first-order chi connectivity index (χ1) is 12.5. The van der Waals surface area contributed by atoms with Crippen molar-refractivity contribution in [3.05, 3.63) is 70.9 Å². The second-order valence-electron chi connectivity index (χ2n) is 5.95. The number of aromatic nitrogens is 3. The molecule has 0 spiro atoms. The Hall–Kier alpha value is -2.73. The van der Waals surface area contributed by atoms with E-state index in [-0.39, 0.29) is 17.4 Å². The Morgan fingerprint density at radius 2 is 2.08 bits per heavy atom. The van der Waals surface area contributed by atoms with Crippen LogP contribution in [0.1, 0.15) is 17.5 Å². The van der Waals surface area contributed by atoms with E-state index in [2.05, 4.69) is 15.4 Å². The van der Waals surface area contributed by atoms with Gasteiger partial charge in [-0.1, -0.05) is 17.7 Å². The van der Waals surface area contributed by atoms with Gasteiger partial charge in [0.25, 0.3) is 0 Å². The zero-order valence-corrected chi connectivity index (χ0v) is 15.0. The van der Waals surface area contributed by atoms with Crippen LogP contribution in [0.2, 0.25) is 5.02 Å². The monoisotopic (exact) mass is 372 g/mol. The SMILES string of the molecule is Cn1nccc1-c1cncc(CNC(=O)CCc2ccc(Cl)c(F)c2)c1. The van der Waals surface area contributed by atoms with Gasteiger partial charge in [-0.15, -0.1) is 0 Å². The van der Waals surface area contributed by atoms with Gasteiger partial charge in [-0.05, 0) is 41.8 Å². The normalized spacial score (nSPS) is 10.7. The van der Waals surface area contributed by atoms with Crippen LogP contribution >= 0.6 is 11.6 Å². The predicted molar refractivity (Wildman–Crippen MR) is 98.0 cm³/mol. The summed E-state index contributed by atoms with van der Waals surface area (Å²) in [4.78, 5) is 16.3. The minimum atomic E-state index is -0.470. The van der Waals surface area contributed by atoms with Crippen molar-refractivity contribution in [1.29, 1.82) is 0 Å². The highest BCUT2D eigenvalue weighted by Gasteiger charge is 2.07. The van der Waals surface area contributed by atoms with Gasteiger partial charge in [0, 0.05) is 44.2 Å². The molecule has 0 saturated carbocycles. The van der Waals surface area contributed by atoms with E-state index in [1.165, 1.54) is 12.1 Å². The van der Waals surface area contributed by atoms with Gasteiger partial charge in [-0.3, -0.25) is 14.5 Å².